The molecule has 0 aromatic carbocycles. The first-order valence-electron chi connectivity index (χ1n) is 5.01. The lowest BCUT2D eigenvalue weighted by molar-refractivity contribution is 0.101. The van der Waals surface area contributed by atoms with E-state index in [0.717, 1.165) is 12.4 Å². The van der Waals surface area contributed by atoms with Gasteiger partial charge in [-0.15, -0.1) is 0 Å². The zero-order chi connectivity index (χ0) is 11.3. The lowest BCUT2D eigenvalue weighted by Crippen LogP contribution is -2.27. The minimum absolute atomic E-state index is 0.0132. The normalized spacial score (nSPS) is 10.1. The smallest absolute Gasteiger partial charge is 0.161 e. The first kappa shape index (κ1) is 11.7. The van der Waals surface area contributed by atoms with Crippen LogP contribution in [0.15, 0.2) is 18.3 Å². The maximum absolute atomic E-state index is 11.0. The van der Waals surface area contributed by atoms with Crippen molar-refractivity contribution in [2.45, 2.75) is 13.8 Å². The Hall–Kier alpha value is -1.42. The zero-order valence-corrected chi connectivity index (χ0v) is 9.10. The van der Waals surface area contributed by atoms with Gasteiger partial charge in [0.25, 0.3) is 0 Å². The highest BCUT2D eigenvalue weighted by Gasteiger charge is 2.05. The number of aliphatic hydroxyl groups is 1. The van der Waals surface area contributed by atoms with Crippen LogP contribution in [-0.4, -0.2) is 35.6 Å². The average Bonchev–Trinajstić information content (AvgIpc) is 2.26. The third-order valence-electron chi connectivity index (χ3n) is 2.23. The van der Waals surface area contributed by atoms with Crippen molar-refractivity contribution in [3.63, 3.8) is 0 Å². The van der Waals surface area contributed by atoms with E-state index in [1.807, 2.05) is 11.8 Å². The molecule has 0 spiro atoms. The second-order valence-corrected chi connectivity index (χ2v) is 3.26. The highest BCUT2D eigenvalue weighted by Crippen LogP contribution is 2.10. The number of hydrogen-bond acceptors (Lipinski definition) is 4. The van der Waals surface area contributed by atoms with Crippen molar-refractivity contribution in [2.75, 3.05) is 24.6 Å². The molecule has 0 aliphatic rings. The predicted molar refractivity (Wildman–Crippen MR) is 59.2 cm³/mol. The van der Waals surface area contributed by atoms with Crippen LogP contribution in [0.3, 0.4) is 0 Å². The van der Waals surface area contributed by atoms with Gasteiger partial charge in [-0.05, 0) is 26.0 Å². The molecule has 1 N–H and O–H groups in total. The Bertz CT molecular complexity index is 322. The van der Waals surface area contributed by atoms with Gasteiger partial charge in [0.2, 0.25) is 0 Å². The molecule has 0 saturated carbocycles. The van der Waals surface area contributed by atoms with Gasteiger partial charge in [-0.25, -0.2) is 4.98 Å². The standard InChI is InChI=1S/C11H16N2O2/c1-3-13(6-7-14)11-5-4-10(8-12-11)9(2)15/h4-5,8,14H,3,6-7H2,1-2H3. The molecule has 1 rings (SSSR count). The molecule has 82 valence electrons. The molecule has 0 bridgehead atoms. The Morgan fingerprint density at radius 2 is 2.27 bits per heavy atom. The van der Waals surface area contributed by atoms with E-state index in [1.165, 1.54) is 6.92 Å². The average molecular weight is 208 g/mol. The third kappa shape index (κ3) is 3.02. The van der Waals surface area contributed by atoms with Crippen LogP contribution in [0.25, 0.3) is 0 Å². The van der Waals surface area contributed by atoms with Crippen molar-refractivity contribution in [1.29, 1.82) is 0 Å². The quantitative estimate of drug-likeness (QED) is 0.736. The van der Waals surface area contributed by atoms with Crippen LogP contribution in [0.2, 0.25) is 0 Å². The first-order chi connectivity index (χ1) is 7.19. The van der Waals surface area contributed by atoms with E-state index < -0.39 is 0 Å². The minimum Gasteiger partial charge on any atom is -0.395 e. The minimum atomic E-state index is 0.0132. The van der Waals surface area contributed by atoms with Gasteiger partial charge in [0.15, 0.2) is 5.78 Å². The lowest BCUT2D eigenvalue weighted by atomic mass is 10.2. The van der Waals surface area contributed by atoms with Crippen LogP contribution < -0.4 is 4.90 Å². The van der Waals surface area contributed by atoms with Gasteiger partial charge in [-0.2, -0.15) is 0 Å². The number of carbonyl (C=O) groups is 1. The second kappa shape index (κ2) is 5.46. The number of aliphatic hydroxyl groups excluding tert-OH is 1. The van der Waals surface area contributed by atoms with Crippen molar-refractivity contribution in [3.05, 3.63) is 23.9 Å². The van der Waals surface area contributed by atoms with Crippen LogP contribution in [0.5, 0.6) is 0 Å². The fourth-order valence-corrected chi connectivity index (χ4v) is 1.34. The fraction of sp³-hybridized carbons (Fsp3) is 0.455. The number of pyridine rings is 1. The Labute approximate surface area is 89.6 Å². The van der Waals surface area contributed by atoms with Gasteiger partial charge in [0.05, 0.1) is 6.61 Å². The fourth-order valence-electron chi connectivity index (χ4n) is 1.34. The number of ketones is 1. The lowest BCUT2D eigenvalue weighted by Gasteiger charge is -2.20. The molecule has 15 heavy (non-hydrogen) atoms. The van der Waals surface area contributed by atoms with E-state index in [2.05, 4.69) is 4.98 Å². The summed E-state index contributed by atoms with van der Waals surface area (Å²) in [5.74, 6) is 0.802. The highest BCUT2D eigenvalue weighted by atomic mass is 16.3. The number of aromatic nitrogens is 1. The number of anilines is 1. The van der Waals surface area contributed by atoms with Gasteiger partial charge in [-0.3, -0.25) is 4.79 Å². The zero-order valence-electron chi connectivity index (χ0n) is 9.10. The summed E-state index contributed by atoms with van der Waals surface area (Å²) in [5, 5.41) is 8.85. The molecule has 0 amide bonds. The van der Waals surface area contributed by atoms with Gasteiger partial charge in [0.1, 0.15) is 5.82 Å². The van der Waals surface area contributed by atoms with Gasteiger partial charge < -0.3 is 10.0 Å². The number of nitrogens with zero attached hydrogens (tertiary/aromatic N) is 2. The monoisotopic (exact) mass is 208 g/mol. The van der Waals surface area contributed by atoms with E-state index in [0.29, 0.717) is 12.1 Å². The molecule has 0 aliphatic heterocycles. The van der Waals surface area contributed by atoms with E-state index in [-0.39, 0.29) is 12.4 Å². The maximum atomic E-state index is 11.0. The topological polar surface area (TPSA) is 53.4 Å². The molecule has 0 saturated heterocycles. The summed E-state index contributed by atoms with van der Waals surface area (Å²) >= 11 is 0. The summed E-state index contributed by atoms with van der Waals surface area (Å²) in [4.78, 5) is 17.2. The molecule has 1 aromatic heterocycles. The Morgan fingerprint density at radius 3 is 2.67 bits per heavy atom. The summed E-state index contributed by atoms with van der Waals surface area (Å²) in [5.41, 5.74) is 0.610. The molecule has 0 aliphatic carbocycles. The summed E-state index contributed by atoms with van der Waals surface area (Å²) in [6.45, 7) is 4.96. The molecule has 0 atom stereocenters. The van der Waals surface area contributed by atoms with Gasteiger partial charge >= 0.3 is 0 Å². The van der Waals surface area contributed by atoms with E-state index >= 15 is 0 Å². The molecule has 1 heterocycles. The van der Waals surface area contributed by atoms with Crippen molar-refractivity contribution in [1.82, 2.24) is 4.98 Å². The number of likely N-dealkylation sites (N-methyl/N-ethyl adjacent to an activating group) is 1. The van der Waals surface area contributed by atoms with E-state index in [1.54, 1.807) is 18.3 Å². The third-order valence-corrected chi connectivity index (χ3v) is 2.23. The van der Waals surface area contributed by atoms with Crippen LogP contribution >= 0.6 is 0 Å². The van der Waals surface area contributed by atoms with Crippen molar-refractivity contribution >= 4 is 11.6 Å². The van der Waals surface area contributed by atoms with Crippen molar-refractivity contribution in [3.8, 4) is 0 Å². The Balaban J connectivity index is 2.81. The van der Waals surface area contributed by atoms with E-state index in [4.69, 9.17) is 5.11 Å². The molecule has 0 radical (unpaired) electrons. The Morgan fingerprint density at radius 1 is 1.53 bits per heavy atom. The molecular weight excluding hydrogens is 192 g/mol. The molecule has 4 heteroatoms. The molecular formula is C11H16N2O2. The SMILES string of the molecule is CCN(CCO)c1ccc(C(C)=O)cn1. The summed E-state index contributed by atoms with van der Waals surface area (Å²) in [6.07, 6.45) is 1.57. The first-order valence-corrected chi connectivity index (χ1v) is 5.01. The van der Waals surface area contributed by atoms with Crippen LogP contribution in [0.4, 0.5) is 5.82 Å². The molecule has 4 nitrogen and oxygen atoms in total. The molecule has 0 fully saturated rings. The van der Waals surface area contributed by atoms with E-state index in [9.17, 15) is 4.79 Å². The Kier molecular flexibility index (Phi) is 4.24. The summed E-state index contributed by atoms with van der Waals surface area (Å²) < 4.78 is 0. The summed E-state index contributed by atoms with van der Waals surface area (Å²) in [6, 6.07) is 3.56. The largest absolute Gasteiger partial charge is 0.395 e. The molecule has 0 unspecified atom stereocenters. The van der Waals surface area contributed by atoms with Crippen LogP contribution in [0, 0.1) is 0 Å². The predicted octanol–water partition coefficient (Wildman–Crippen LogP) is 1.10. The summed E-state index contributed by atoms with van der Waals surface area (Å²) in [7, 11) is 0. The number of Topliss-reactive ketones (excluding diaryl/α,β-unsaturated/α-hetero) is 1. The highest BCUT2D eigenvalue weighted by molar-refractivity contribution is 5.93. The van der Waals surface area contributed by atoms with Gasteiger partial charge in [0, 0.05) is 24.8 Å². The van der Waals surface area contributed by atoms with Crippen molar-refractivity contribution < 1.29 is 9.90 Å². The number of carbonyl (C=O) groups excluding carboxylic acids is 1. The van der Waals surface area contributed by atoms with Crippen molar-refractivity contribution in [2.24, 2.45) is 0 Å². The second-order valence-electron chi connectivity index (χ2n) is 3.26. The van der Waals surface area contributed by atoms with Gasteiger partial charge in [-0.1, -0.05) is 0 Å². The van der Waals surface area contributed by atoms with Crippen LogP contribution in [0.1, 0.15) is 24.2 Å². The maximum Gasteiger partial charge on any atom is 0.161 e. The molecule has 1 aromatic rings. The number of hydrogen-bond donors (Lipinski definition) is 1. The number of rotatable bonds is 5. The van der Waals surface area contributed by atoms with Crippen LogP contribution in [-0.2, 0) is 0 Å².